The first-order chi connectivity index (χ1) is 12.2. The highest BCUT2D eigenvalue weighted by Gasteiger charge is 2.14. The van der Waals surface area contributed by atoms with Crippen LogP contribution < -0.4 is 10.2 Å². The van der Waals surface area contributed by atoms with Gasteiger partial charge in [0.15, 0.2) is 0 Å². The van der Waals surface area contributed by atoms with Crippen molar-refractivity contribution in [3.05, 3.63) is 65.7 Å². The average Bonchev–Trinajstić information content (AvgIpc) is 2.63. The van der Waals surface area contributed by atoms with E-state index < -0.39 is 0 Å². The summed E-state index contributed by atoms with van der Waals surface area (Å²) >= 11 is 6.10. The normalized spacial score (nSPS) is 15.5. The molecule has 0 atom stereocenters. The van der Waals surface area contributed by atoms with Crippen molar-refractivity contribution in [2.24, 2.45) is 0 Å². The van der Waals surface area contributed by atoms with Gasteiger partial charge >= 0.3 is 0 Å². The van der Waals surface area contributed by atoms with Crippen molar-refractivity contribution in [1.82, 2.24) is 4.90 Å². The standard InChI is InChI=1S/C21H22ClN3/c1-24-11-13-25(14-12-24)19-8-6-18(7-9-19)23-21-4-2-3-16-15-17(22)5-10-20(16)21/h2-10,15,23H,11-14H2,1H3. The number of likely N-dealkylation sites (N-methyl/N-ethyl adjacent to an activating group) is 1. The average molecular weight is 352 g/mol. The Hall–Kier alpha value is -2.23. The lowest BCUT2D eigenvalue weighted by molar-refractivity contribution is 0.313. The van der Waals surface area contributed by atoms with E-state index in [0.29, 0.717) is 0 Å². The summed E-state index contributed by atoms with van der Waals surface area (Å²) in [4.78, 5) is 4.82. The Bertz CT molecular complexity index is 868. The van der Waals surface area contributed by atoms with Crippen LogP contribution in [0.1, 0.15) is 0 Å². The molecule has 0 bridgehead atoms. The van der Waals surface area contributed by atoms with E-state index in [4.69, 9.17) is 11.6 Å². The van der Waals surface area contributed by atoms with E-state index in [2.05, 4.69) is 70.7 Å². The molecule has 1 N–H and O–H groups in total. The summed E-state index contributed by atoms with van der Waals surface area (Å²) < 4.78 is 0. The van der Waals surface area contributed by atoms with Crippen LogP contribution in [0.5, 0.6) is 0 Å². The van der Waals surface area contributed by atoms with Gasteiger partial charge in [0.25, 0.3) is 0 Å². The number of nitrogens with zero attached hydrogens (tertiary/aromatic N) is 2. The predicted octanol–water partition coefficient (Wildman–Crippen LogP) is 4.99. The lowest BCUT2D eigenvalue weighted by Gasteiger charge is -2.34. The number of benzene rings is 3. The molecule has 3 nitrogen and oxygen atoms in total. The van der Waals surface area contributed by atoms with E-state index >= 15 is 0 Å². The Kier molecular flexibility index (Phi) is 4.51. The Labute approximate surface area is 153 Å². The van der Waals surface area contributed by atoms with Crippen LogP contribution in [0, 0.1) is 0 Å². The van der Waals surface area contributed by atoms with Gasteiger partial charge in [-0.3, -0.25) is 0 Å². The van der Waals surface area contributed by atoms with Crippen LogP contribution in [-0.4, -0.2) is 38.1 Å². The van der Waals surface area contributed by atoms with Gasteiger partial charge in [-0.05, 0) is 54.9 Å². The van der Waals surface area contributed by atoms with Crippen molar-refractivity contribution < 1.29 is 0 Å². The minimum absolute atomic E-state index is 0.765. The highest BCUT2D eigenvalue weighted by atomic mass is 35.5. The van der Waals surface area contributed by atoms with E-state index in [9.17, 15) is 0 Å². The van der Waals surface area contributed by atoms with E-state index in [1.807, 2.05) is 12.1 Å². The molecule has 0 spiro atoms. The Morgan fingerprint density at radius 2 is 1.64 bits per heavy atom. The summed E-state index contributed by atoms with van der Waals surface area (Å²) in [6, 6.07) is 21.0. The number of piperazine rings is 1. The van der Waals surface area contributed by atoms with Gasteiger partial charge < -0.3 is 15.1 Å². The van der Waals surface area contributed by atoms with Crippen molar-refractivity contribution in [2.75, 3.05) is 43.4 Å². The minimum Gasteiger partial charge on any atom is -0.369 e. The molecule has 4 heteroatoms. The third-order valence-corrected chi connectivity index (χ3v) is 5.09. The second-order valence-electron chi connectivity index (χ2n) is 6.63. The molecule has 1 fully saturated rings. The quantitative estimate of drug-likeness (QED) is 0.717. The summed E-state index contributed by atoms with van der Waals surface area (Å²) in [6.45, 7) is 4.43. The predicted molar refractivity (Wildman–Crippen MR) is 108 cm³/mol. The number of anilines is 3. The molecule has 0 saturated carbocycles. The third kappa shape index (κ3) is 3.58. The van der Waals surface area contributed by atoms with Gasteiger partial charge in [0, 0.05) is 53.7 Å². The zero-order valence-electron chi connectivity index (χ0n) is 14.4. The number of halogens is 1. The zero-order valence-corrected chi connectivity index (χ0v) is 15.1. The molecule has 1 aliphatic rings. The Balaban J connectivity index is 1.54. The minimum atomic E-state index is 0.765. The number of hydrogen-bond acceptors (Lipinski definition) is 3. The maximum atomic E-state index is 6.10. The van der Waals surface area contributed by atoms with Gasteiger partial charge in [-0.2, -0.15) is 0 Å². The SMILES string of the molecule is CN1CCN(c2ccc(Nc3cccc4cc(Cl)ccc34)cc2)CC1. The molecule has 0 radical (unpaired) electrons. The van der Waals surface area contributed by atoms with Crippen molar-refractivity contribution in [3.63, 3.8) is 0 Å². The first kappa shape index (κ1) is 16.2. The smallest absolute Gasteiger partial charge is 0.0463 e. The number of nitrogens with one attached hydrogen (secondary N) is 1. The molecule has 0 aliphatic carbocycles. The Morgan fingerprint density at radius 3 is 2.40 bits per heavy atom. The largest absolute Gasteiger partial charge is 0.369 e. The van der Waals surface area contributed by atoms with Crippen LogP contribution in [-0.2, 0) is 0 Å². The van der Waals surface area contributed by atoms with Crippen molar-refractivity contribution >= 4 is 39.4 Å². The van der Waals surface area contributed by atoms with Gasteiger partial charge in [-0.15, -0.1) is 0 Å². The van der Waals surface area contributed by atoms with Crippen LogP contribution in [0.3, 0.4) is 0 Å². The van der Waals surface area contributed by atoms with Gasteiger partial charge in [-0.25, -0.2) is 0 Å². The topological polar surface area (TPSA) is 18.5 Å². The van der Waals surface area contributed by atoms with E-state index in [-0.39, 0.29) is 0 Å². The number of rotatable bonds is 3. The first-order valence-corrected chi connectivity index (χ1v) is 9.06. The van der Waals surface area contributed by atoms with E-state index in [0.717, 1.165) is 48.0 Å². The molecule has 4 rings (SSSR count). The molecular weight excluding hydrogens is 330 g/mol. The van der Waals surface area contributed by atoms with Crippen molar-refractivity contribution in [3.8, 4) is 0 Å². The molecule has 0 unspecified atom stereocenters. The van der Waals surface area contributed by atoms with Crippen LogP contribution in [0.2, 0.25) is 5.02 Å². The molecule has 1 aliphatic heterocycles. The number of hydrogen-bond donors (Lipinski definition) is 1. The molecule has 1 heterocycles. The lowest BCUT2D eigenvalue weighted by atomic mass is 10.1. The second-order valence-corrected chi connectivity index (χ2v) is 7.07. The summed E-state index contributed by atoms with van der Waals surface area (Å²) in [5.74, 6) is 0. The van der Waals surface area contributed by atoms with Crippen LogP contribution in [0.25, 0.3) is 10.8 Å². The van der Waals surface area contributed by atoms with Gasteiger partial charge in [0.1, 0.15) is 0 Å². The molecule has 0 aromatic heterocycles. The third-order valence-electron chi connectivity index (χ3n) is 4.86. The maximum Gasteiger partial charge on any atom is 0.0463 e. The highest BCUT2D eigenvalue weighted by Crippen LogP contribution is 2.29. The fourth-order valence-corrected chi connectivity index (χ4v) is 3.52. The second kappa shape index (κ2) is 6.95. The summed E-state index contributed by atoms with van der Waals surface area (Å²) in [7, 11) is 2.18. The maximum absolute atomic E-state index is 6.10. The van der Waals surface area contributed by atoms with Gasteiger partial charge in [0.05, 0.1) is 0 Å². The molecule has 1 saturated heterocycles. The fourth-order valence-electron chi connectivity index (χ4n) is 3.34. The summed E-state index contributed by atoms with van der Waals surface area (Å²) in [6.07, 6.45) is 0. The molecule has 128 valence electrons. The lowest BCUT2D eigenvalue weighted by Crippen LogP contribution is -2.44. The molecular formula is C21H22ClN3. The van der Waals surface area contributed by atoms with Crippen molar-refractivity contribution in [2.45, 2.75) is 0 Å². The fraction of sp³-hybridized carbons (Fsp3) is 0.238. The monoisotopic (exact) mass is 351 g/mol. The summed E-state index contributed by atoms with van der Waals surface area (Å²) in [5, 5.41) is 6.62. The van der Waals surface area contributed by atoms with Gasteiger partial charge in [0.2, 0.25) is 0 Å². The highest BCUT2D eigenvalue weighted by molar-refractivity contribution is 6.31. The Morgan fingerprint density at radius 1 is 0.880 bits per heavy atom. The van der Waals surface area contributed by atoms with Crippen LogP contribution in [0.15, 0.2) is 60.7 Å². The van der Waals surface area contributed by atoms with E-state index in [1.54, 1.807) is 0 Å². The molecule has 0 amide bonds. The summed E-state index contributed by atoms with van der Waals surface area (Å²) in [5.41, 5.74) is 3.49. The van der Waals surface area contributed by atoms with E-state index in [1.165, 1.54) is 11.1 Å². The zero-order chi connectivity index (χ0) is 17.2. The van der Waals surface area contributed by atoms with Gasteiger partial charge in [-0.1, -0.05) is 29.8 Å². The van der Waals surface area contributed by atoms with Crippen LogP contribution >= 0.6 is 11.6 Å². The van der Waals surface area contributed by atoms with Crippen molar-refractivity contribution in [1.29, 1.82) is 0 Å². The molecule has 25 heavy (non-hydrogen) atoms. The first-order valence-electron chi connectivity index (χ1n) is 8.68. The van der Waals surface area contributed by atoms with Crippen LogP contribution in [0.4, 0.5) is 17.1 Å². The molecule has 3 aromatic rings. The number of fused-ring (bicyclic) bond motifs is 1. The molecule has 3 aromatic carbocycles.